The number of Topliss-reactive ketones (excluding diaryl/α,β-unsaturated/α-hetero) is 1. The van der Waals surface area contributed by atoms with E-state index in [-0.39, 0.29) is 28.8 Å². The molecule has 1 aromatic carbocycles. The lowest BCUT2D eigenvalue weighted by Gasteiger charge is -2.08. The number of carbonyl (C=O) groups is 1. The first-order chi connectivity index (χ1) is 9.88. The lowest BCUT2D eigenvalue weighted by atomic mass is 10.2. The molecule has 2 aromatic rings. The average Bonchev–Trinajstić information content (AvgIpc) is 2.83. The number of nitro groups is 1. The minimum atomic E-state index is -0.612. The molecule has 0 radical (unpaired) electrons. The van der Waals surface area contributed by atoms with Crippen LogP contribution in [0.3, 0.4) is 0 Å². The minimum Gasteiger partial charge on any atom is -0.478 e. The molecule has 1 heterocycles. The van der Waals surface area contributed by atoms with E-state index in [0.29, 0.717) is 10.0 Å². The largest absolute Gasteiger partial charge is 0.478 e. The Labute approximate surface area is 133 Å². The molecule has 2 rings (SSSR count). The van der Waals surface area contributed by atoms with Gasteiger partial charge in [0.1, 0.15) is 0 Å². The predicted octanol–water partition coefficient (Wildman–Crippen LogP) is 3.61. The summed E-state index contributed by atoms with van der Waals surface area (Å²) in [4.78, 5) is 22.3. The van der Waals surface area contributed by atoms with Crippen molar-refractivity contribution in [1.29, 1.82) is 0 Å². The fourth-order valence-corrected chi connectivity index (χ4v) is 2.62. The second kappa shape index (κ2) is 6.28. The molecule has 8 heteroatoms. The van der Waals surface area contributed by atoms with Gasteiger partial charge in [0.15, 0.2) is 6.61 Å². The third-order valence-corrected chi connectivity index (χ3v) is 3.49. The third kappa shape index (κ3) is 3.62. The zero-order valence-corrected chi connectivity index (χ0v) is 13.2. The van der Waals surface area contributed by atoms with Crippen molar-refractivity contribution in [3.8, 4) is 5.75 Å². The summed E-state index contributed by atoms with van der Waals surface area (Å²) in [6.45, 7) is -0.301. The Morgan fingerprint density at radius 3 is 2.81 bits per heavy atom. The van der Waals surface area contributed by atoms with Gasteiger partial charge in [-0.15, -0.1) is 0 Å². The first kappa shape index (κ1) is 15.5. The first-order valence-electron chi connectivity index (χ1n) is 5.80. The quantitative estimate of drug-likeness (QED) is 0.456. The van der Waals surface area contributed by atoms with Gasteiger partial charge in [-0.3, -0.25) is 14.9 Å². The van der Waals surface area contributed by atoms with Gasteiger partial charge in [0.25, 0.3) is 0 Å². The zero-order valence-electron chi connectivity index (χ0n) is 10.9. The van der Waals surface area contributed by atoms with E-state index < -0.39 is 4.92 Å². The SMILES string of the molecule is Cn1ccc(C(=O)COc2c(Br)cc(Cl)cc2[N+](=O)[O-])c1. The number of ether oxygens (including phenoxy) is 1. The first-order valence-corrected chi connectivity index (χ1v) is 6.97. The smallest absolute Gasteiger partial charge is 0.313 e. The number of nitrogens with zero attached hydrogens (tertiary/aromatic N) is 2. The van der Waals surface area contributed by atoms with Crippen molar-refractivity contribution < 1.29 is 14.5 Å². The molecule has 0 saturated heterocycles. The van der Waals surface area contributed by atoms with Gasteiger partial charge >= 0.3 is 5.69 Å². The van der Waals surface area contributed by atoms with Gasteiger partial charge in [0.05, 0.1) is 9.40 Å². The van der Waals surface area contributed by atoms with Crippen molar-refractivity contribution in [2.45, 2.75) is 0 Å². The van der Waals surface area contributed by atoms with Crippen LogP contribution in [-0.4, -0.2) is 21.9 Å². The second-order valence-corrected chi connectivity index (χ2v) is 5.56. The minimum absolute atomic E-state index is 0.0197. The standard InChI is InChI=1S/C13H10BrClN2O4/c1-16-3-2-8(6-16)12(18)7-21-13-10(14)4-9(15)5-11(13)17(19)20/h2-6H,7H2,1H3. The molecule has 0 saturated carbocycles. The fraction of sp³-hybridized carbons (Fsp3) is 0.154. The maximum absolute atomic E-state index is 11.9. The van der Waals surface area contributed by atoms with Gasteiger partial charge in [-0.05, 0) is 28.1 Å². The van der Waals surface area contributed by atoms with E-state index in [2.05, 4.69) is 15.9 Å². The highest BCUT2D eigenvalue weighted by atomic mass is 79.9. The fourth-order valence-electron chi connectivity index (χ4n) is 1.71. The van der Waals surface area contributed by atoms with Crippen LogP contribution in [-0.2, 0) is 7.05 Å². The van der Waals surface area contributed by atoms with Gasteiger partial charge < -0.3 is 9.30 Å². The molecule has 0 unspecified atom stereocenters. The van der Waals surface area contributed by atoms with E-state index in [4.69, 9.17) is 16.3 Å². The summed E-state index contributed by atoms with van der Waals surface area (Å²) >= 11 is 8.92. The van der Waals surface area contributed by atoms with E-state index in [1.54, 1.807) is 30.1 Å². The summed E-state index contributed by atoms with van der Waals surface area (Å²) in [7, 11) is 1.79. The molecule has 110 valence electrons. The van der Waals surface area contributed by atoms with Gasteiger partial charge in [-0.25, -0.2) is 0 Å². The number of halogens is 2. The molecule has 0 N–H and O–H groups in total. The number of rotatable bonds is 5. The van der Waals surface area contributed by atoms with Gasteiger partial charge in [-0.1, -0.05) is 11.6 Å². The van der Waals surface area contributed by atoms with E-state index in [1.807, 2.05) is 0 Å². The van der Waals surface area contributed by atoms with Crippen LogP contribution in [0.15, 0.2) is 35.1 Å². The molecule has 0 amide bonds. The Balaban J connectivity index is 2.20. The van der Waals surface area contributed by atoms with Gasteiger partial charge in [-0.2, -0.15) is 0 Å². The van der Waals surface area contributed by atoms with Crippen molar-refractivity contribution in [3.63, 3.8) is 0 Å². The van der Waals surface area contributed by atoms with Crippen LogP contribution in [0.25, 0.3) is 0 Å². The Kier molecular flexibility index (Phi) is 4.64. The van der Waals surface area contributed by atoms with E-state index in [1.165, 1.54) is 12.1 Å². The topological polar surface area (TPSA) is 74.4 Å². The number of ketones is 1. The maximum atomic E-state index is 11.9. The van der Waals surface area contributed by atoms with Crippen molar-refractivity contribution in [1.82, 2.24) is 4.57 Å². The molecule has 0 fully saturated rings. The summed E-state index contributed by atoms with van der Waals surface area (Å²) in [6, 6.07) is 4.29. The van der Waals surface area contributed by atoms with Crippen LogP contribution in [0.4, 0.5) is 5.69 Å². The van der Waals surface area contributed by atoms with Crippen molar-refractivity contribution in [2.24, 2.45) is 7.05 Å². The van der Waals surface area contributed by atoms with Gasteiger partial charge in [0.2, 0.25) is 11.5 Å². The van der Waals surface area contributed by atoms with E-state index in [0.717, 1.165) is 0 Å². The lowest BCUT2D eigenvalue weighted by molar-refractivity contribution is -0.385. The molecule has 0 aliphatic rings. The molecular formula is C13H10BrClN2O4. The number of aromatic nitrogens is 1. The highest BCUT2D eigenvalue weighted by Gasteiger charge is 2.21. The number of hydrogen-bond donors (Lipinski definition) is 0. The molecular weight excluding hydrogens is 364 g/mol. The molecule has 1 aromatic heterocycles. The van der Waals surface area contributed by atoms with E-state index >= 15 is 0 Å². The highest BCUT2D eigenvalue weighted by Crippen LogP contribution is 2.37. The normalized spacial score (nSPS) is 10.4. The van der Waals surface area contributed by atoms with Crippen LogP contribution >= 0.6 is 27.5 Å². The van der Waals surface area contributed by atoms with Crippen LogP contribution in [0.5, 0.6) is 5.75 Å². The molecule has 21 heavy (non-hydrogen) atoms. The monoisotopic (exact) mass is 372 g/mol. The van der Waals surface area contributed by atoms with Crippen LogP contribution in [0.1, 0.15) is 10.4 Å². The Hall–Kier alpha value is -1.86. The molecule has 0 atom stereocenters. The van der Waals surface area contributed by atoms with E-state index in [9.17, 15) is 14.9 Å². The second-order valence-electron chi connectivity index (χ2n) is 4.27. The third-order valence-electron chi connectivity index (χ3n) is 2.69. The summed E-state index contributed by atoms with van der Waals surface area (Å²) < 4.78 is 7.36. The Bertz CT molecular complexity index is 714. The summed E-state index contributed by atoms with van der Waals surface area (Å²) in [5, 5.41) is 11.2. The zero-order chi connectivity index (χ0) is 15.6. The highest BCUT2D eigenvalue weighted by molar-refractivity contribution is 9.10. The van der Waals surface area contributed by atoms with Crippen LogP contribution in [0, 0.1) is 10.1 Å². The summed E-state index contributed by atoms with van der Waals surface area (Å²) in [6.07, 6.45) is 3.38. The molecule has 0 aliphatic carbocycles. The molecule has 6 nitrogen and oxygen atoms in total. The number of carbonyl (C=O) groups excluding carboxylic acids is 1. The Morgan fingerprint density at radius 2 is 2.24 bits per heavy atom. The Morgan fingerprint density at radius 1 is 1.52 bits per heavy atom. The lowest BCUT2D eigenvalue weighted by Crippen LogP contribution is -2.12. The molecule has 0 bridgehead atoms. The van der Waals surface area contributed by atoms with Crippen molar-refractivity contribution in [2.75, 3.05) is 6.61 Å². The van der Waals surface area contributed by atoms with Crippen molar-refractivity contribution in [3.05, 3.63) is 55.8 Å². The van der Waals surface area contributed by atoms with Crippen LogP contribution < -0.4 is 4.74 Å². The molecule has 0 spiro atoms. The summed E-state index contributed by atoms with van der Waals surface area (Å²) in [5.74, 6) is -0.291. The number of nitro benzene ring substituents is 1. The number of benzene rings is 1. The van der Waals surface area contributed by atoms with Crippen LogP contribution in [0.2, 0.25) is 5.02 Å². The van der Waals surface area contributed by atoms with Crippen molar-refractivity contribution >= 4 is 39.0 Å². The number of aryl methyl sites for hydroxylation is 1. The van der Waals surface area contributed by atoms with Gasteiger partial charge in [0, 0.05) is 36.1 Å². The maximum Gasteiger partial charge on any atom is 0.313 e. The summed E-state index contributed by atoms with van der Waals surface area (Å²) in [5.41, 5.74) is 0.181. The average molecular weight is 374 g/mol. The molecule has 0 aliphatic heterocycles. The predicted molar refractivity (Wildman–Crippen MR) is 81.0 cm³/mol. The number of hydrogen-bond acceptors (Lipinski definition) is 4.